The van der Waals surface area contributed by atoms with Crippen LogP contribution in [0.25, 0.3) is 0 Å². The Balaban J connectivity index is 1.90. The molecule has 0 saturated carbocycles. The number of rotatable bonds is 4. The number of Topliss-reactive ketones (excluding diaryl/α,β-unsaturated/α-hetero) is 1. The molecule has 6 nitrogen and oxygen atoms in total. The molecule has 1 aliphatic rings. The summed E-state index contributed by atoms with van der Waals surface area (Å²) in [4.78, 5) is 39.5. The maximum atomic E-state index is 11.7. The molecular weight excluding hydrogens is 274 g/mol. The molecule has 1 saturated heterocycles. The SMILES string of the molecule is CC(=O)c1csc(NC(=O)CN2CCSC2=O)n1. The number of carbonyl (C=O) groups is 3. The van der Waals surface area contributed by atoms with Crippen LogP contribution in [0.3, 0.4) is 0 Å². The van der Waals surface area contributed by atoms with Gasteiger partial charge < -0.3 is 10.2 Å². The molecular formula is C10H11N3O3S2. The van der Waals surface area contributed by atoms with E-state index in [1.165, 1.54) is 34.9 Å². The highest BCUT2D eigenvalue weighted by molar-refractivity contribution is 8.13. The van der Waals surface area contributed by atoms with Crippen LogP contribution in [0.1, 0.15) is 17.4 Å². The zero-order valence-corrected chi connectivity index (χ0v) is 11.3. The predicted octanol–water partition coefficient (Wildman–Crippen LogP) is 1.45. The molecule has 96 valence electrons. The van der Waals surface area contributed by atoms with E-state index in [9.17, 15) is 14.4 Å². The molecule has 2 rings (SSSR count). The quantitative estimate of drug-likeness (QED) is 0.847. The molecule has 1 fully saturated rings. The molecule has 2 amide bonds. The van der Waals surface area contributed by atoms with Crippen molar-refractivity contribution in [3.8, 4) is 0 Å². The van der Waals surface area contributed by atoms with E-state index >= 15 is 0 Å². The lowest BCUT2D eigenvalue weighted by Crippen LogP contribution is -2.33. The van der Waals surface area contributed by atoms with Crippen molar-refractivity contribution >= 4 is 45.2 Å². The van der Waals surface area contributed by atoms with Gasteiger partial charge in [-0.05, 0) is 0 Å². The fourth-order valence-electron chi connectivity index (χ4n) is 1.39. The summed E-state index contributed by atoms with van der Waals surface area (Å²) in [6.07, 6.45) is 0. The van der Waals surface area contributed by atoms with Crippen molar-refractivity contribution in [3.63, 3.8) is 0 Å². The van der Waals surface area contributed by atoms with Gasteiger partial charge in [-0.25, -0.2) is 4.98 Å². The minimum atomic E-state index is -0.296. The zero-order valence-electron chi connectivity index (χ0n) is 9.63. The van der Waals surface area contributed by atoms with Crippen LogP contribution >= 0.6 is 23.1 Å². The molecule has 0 aromatic carbocycles. The van der Waals surface area contributed by atoms with Crippen LogP contribution in [0, 0.1) is 0 Å². The predicted molar refractivity (Wildman–Crippen MR) is 70.2 cm³/mol. The molecule has 0 atom stereocenters. The third-order valence-corrected chi connectivity index (χ3v) is 3.94. The van der Waals surface area contributed by atoms with Gasteiger partial charge in [0.25, 0.3) is 5.24 Å². The fraction of sp³-hybridized carbons (Fsp3) is 0.400. The monoisotopic (exact) mass is 285 g/mol. The summed E-state index contributed by atoms with van der Waals surface area (Å²) in [5, 5.41) is 4.47. The third kappa shape index (κ3) is 3.08. The number of hydrogen-bond donors (Lipinski definition) is 1. The van der Waals surface area contributed by atoms with Crippen molar-refractivity contribution in [2.24, 2.45) is 0 Å². The number of thioether (sulfide) groups is 1. The van der Waals surface area contributed by atoms with E-state index in [0.717, 1.165) is 5.75 Å². The zero-order chi connectivity index (χ0) is 13.1. The summed E-state index contributed by atoms with van der Waals surface area (Å²) in [7, 11) is 0. The second-order valence-electron chi connectivity index (χ2n) is 3.68. The van der Waals surface area contributed by atoms with Crippen molar-refractivity contribution in [3.05, 3.63) is 11.1 Å². The molecule has 0 unspecified atom stereocenters. The number of hydrogen-bond acceptors (Lipinski definition) is 6. The van der Waals surface area contributed by atoms with Crippen LogP contribution in [0.15, 0.2) is 5.38 Å². The van der Waals surface area contributed by atoms with Gasteiger partial charge in [-0.15, -0.1) is 11.3 Å². The molecule has 1 N–H and O–H groups in total. The highest BCUT2D eigenvalue weighted by Gasteiger charge is 2.23. The lowest BCUT2D eigenvalue weighted by molar-refractivity contribution is -0.116. The molecule has 18 heavy (non-hydrogen) atoms. The highest BCUT2D eigenvalue weighted by atomic mass is 32.2. The van der Waals surface area contributed by atoms with E-state index in [4.69, 9.17) is 0 Å². The Labute approximate surface area is 112 Å². The minimum absolute atomic E-state index is 0.0286. The van der Waals surface area contributed by atoms with E-state index in [1.807, 2.05) is 0 Å². The van der Waals surface area contributed by atoms with E-state index in [-0.39, 0.29) is 23.5 Å². The maximum Gasteiger partial charge on any atom is 0.282 e. The van der Waals surface area contributed by atoms with Gasteiger partial charge in [-0.2, -0.15) is 0 Å². The number of amides is 2. The van der Waals surface area contributed by atoms with Crippen molar-refractivity contribution in [1.29, 1.82) is 0 Å². The first kappa shape index (κ1) is 13.0. The number of anilines is 1. The molecule has 0 spiro atoms. The summed E-state index contributed by atoms with van der Waals surface area (Å²) in [6, 6.07) is 0. The molecule has 2 heterocycles. The molecule has 8 heteroatoms. The second kappa shape index (κ2) is 5.49. The van der Waals surface area contributed by atoms with Crippen LogP contribution in [0.5, 0.6) is 0 Å². The number of carbonyl (C=O) groups excluding carboxylic acids is 3. The molecule has 1 aliphatic heterocycles. The van der Waals surface area contributed by atoms with Crippen molar-refractivity contribution in [1.82, 2.24) is 9.88 Å². The summed E-state index contributed by atoms with van der Waals surface area (Å²) < 4.78 is 0. The van der Waals surface area contributed by atoms with Crippen LogP contribution in [0.4, 0.5) is 9.93 Å². The first-order valence-electron chi connectivity index (χ1n) is 5.24. The Morgan fingerprint density at radius 3 is 2.89 bits per heavy atom. The number of nitrogens with zero attached hydrogens (tertiary/aromatic N) is 2. The third-order valence-electron chi connectivity index (χ3n) is 2.29. The van der Waals surface area contributed by atoms with Crippen LogP contribution in [-0.2, 0) is 4.79 Å². The van der Waals surface area contributed by atoms with Gasteiger partial charge in [-0.3, -0.25) is 14.4 Å². The normalized spacial score (nSPS) is 14.9. The minimum Gasteiger partial charge on any atom is -0.323 e. The Kier molecular flexibility index (Phi) is 3.97. The van der Waals surface area contributed by atoms with E-state index in [0.29, 0.717) is 17.4 Å². The summed E-state index contributed by atoms with van der Waals surface area (Å²) >= 11 is 2.40. The lowest BCUT2D eigenvalue weighted by Gasteiger charge is -2.12. The summed E-state index contributed by atoms with van der Waals surface area (Å²) in [5.74, 6) is 0.283. The van der Waals surface area contributed by atoms with Gasteiger partial charge >= 0.3 is 0 Å². The molecule has 0 aliphatic carbocycles. The van der Waals surface area contributed by atoms with Gasteiger partial charge in [0.05, 0.1) is 0 Å². The van der Waals surface area contributed by atoms with Gasteiger partial charge in [-0.1, -0.05) is 11.8 Å². The van der Waals surface area contributed by atoms with Crippen molar-refractivity contribution < 1.29 is 14.4 Å². The number of aromatic nitrogens is 1. The van der Waals surface area contributed by atoms with Crippen LogP contribution in [-0.4, -0.2) is 45.7 Å². The Morgan fingerprint density at radius 2 is 2.33 bits per heavy atom. The average Bonchev–Trinajstić information content (AvgIpc) is 2.89. The van der Waals surface area contributed by atoms with Crippen molar-refractivity contribution in [2.45, 2.75) is 6.92 Å². The smallest absolute Gasteiger partial charge is 0.282 e. The standard InChI is InChI=1S/C10H11N3O3S2/c1-6(14)7-5-18-9(11-7)12-8(15)4-13-2-3-17-10(13)16/h5H,2-4H2,1H3,(H,11,12,15). The van der Waals surface area contributed by atoms with E-state index < -0.39 is 0 Å². The highest BCUT2D eigenvalue weighted by Crippen LogP contribution is 2.18. The largest absolute Gasteiger partial charge is 0.323 e. The molecule has 1 aromatic heterocycles. The number of nitrogens with one attached hydrogen (secondary N) is 1. The number of thiazole rings is 1. The topological polar surface area (TPSA) is 79.4 Å². The van der Waals surface area contributed by atoms with Gasteiger partial charge in [0.1, 0.15) is 12.2 Å². The van der Waals surface area contributed by atoms with E-state index in [2.05, 4.69) is 10.3 Å². The second-order valence-corrected chi connectivity index (χ2v) is 5.58. The van der Waals surface area contributed by atoms with Crippen molar-refractivity contribution in [2.75, 3.05) is 24.2 Å². The van der Waals surface area contributed by atoms with Crippen LogP contribution in [0.2, 0.25) is 0 Å². The van der Waals surface area contributed by atoms with E-state index in [1.54, 1.807) is 5.38 Å². The van der Waals surface area contributed by atoms with Crippen LogP contribution < -0.4 is 5.32 Å². The van der Waals surface area contributed by atoms with Gasteiger partial charge in [0.2, 0.25) is 5.91 Å². The Hall–Kier alpha value is -1.41. The maximum absolute atomic E-state index is 11.7. The summed E-state index contributed by atoms with van der Waals surface area (Å²) in [6.45, 7) is 2.04. The molecule has 1 aromatic rings. The lowest BCUT2D eigenvalue weighted by atomic mass is 10.4. The van der Waals surface area contributed by atoms with Gasteiger partial charge in [0, 0.05) is 24.6 Å². The first-order valence-corrected chi connectivity index (χ1v) is 7.11. The molecule has 0 bridgehead atoms. The van der Waals surface area contributed by atoms with Gasteiger partial charge in [0.15, 0.2) is 10.9 Å². The Morgan fingerprint density at radius 1 is 1.56 bits per heavy atom. The first-order chi connectivity index (χ1) is 8.56. The summed E-state index contributed by atoms with van der Waals surface area (Å²) in [5.41, 5.74) is 0.336. The number of ketones is 1. The Bertz CT molecular complexity index is 500. The molecule has 0 radical (unpaired) electrons. The fourth-order valence-corrected chi connectivity index (χ4v) is 2.98. The average molecular weight is 285 g/mol.